The van der Waals surface area contributed by atoms with Gasteiger partial charge < -0.3 is 19.9 Å². The van der Waals surface area contributed by atoms with E-state index in [9.17, 15) is 18.0 Å². The first-order valence-corrected chi connectivity index (χ1v) is 4.94. The highest BCUT2D eigenvalue weighted by molar-refractivity contribution is 5.91. The molecule has 0 aromatic carbocycles. The number of pyridine rings is 1. The summed E-state index contributed by atoms with van der Waals surface area (Å²) in [5.74, 6) is -1.95. The lowest BCUT2D eigenvalue weighted by Gasteiger charge is -2.15. The second kappa shape index (κ2) is 5.74. The van der Waals surface area contributed by atoms with E-state index in [1.807, 2.05) is 0 Å². The minimum Gasteiger partial charge on any atom is -0.481 e. The molecule has 9 heteroatoms. The first kappa shape index (κ1) is 15.0. The number of hydrogen-bond donors (Lipinski definition) is 1. The molecule has 1 aromatic rings. The molecule has 0 radical (unpaired) electrons. The van der Waals surface area contributed by atoms with E-state index in [2.05, 4.69) is 14.5 Å². The number of rotatable bonds is 4. The van der Waals surface area contributed by atoms with Crippen molar-refractivity contribution >= 4 is 5.97 Å². The van der Waals surface area contributed by atoms with Gasteiger partial charge >= 0.3 is 12.3 Å². The maximum Gasteiger partial charge on any atom is 0.573 e. The van der Waals surface area contributed by atoms with Gasteiger partial charge in [0, 0.05) is 18.2 Å². The summed E-state index contributed by atoms with van der Waals surface area (Å²) in [7, 11) is 2.25. The van der Waals surface area contributed by atoms with Crippen LogP contribution in [0, 0.1) is 0 Å². The molecule has 1 heterocycles. The Labute approximate surface area is 106 Å². The average Bonchev–Trinajstić information content (AvgIpc) is 2.36. The molecular formula is C10H11F3N2O4. The number of esters is 1. The minimum absolute atomic E-state index is 0.0737. The molecule has 2 N–H and O–H groups in total. The molecule has 106 valence electrons. The molecule has 0 atom stereocenters. The Bertz CT molecular complexity index is 477. The third-order valence-corrected chi connectivity index (χ3v) is 2.05. The Balaban J connectivity index is 3.41. The van der Waals surface area contributed by atoms with Crippen molar-refractivity contribution in [3.63, 3.8) is 0 Å². The van der Waals surface area contributed by atoms with Crippen LogP contribution in [-0.2, 0) is 11.3 Å². The van der Waals surface area contributed by atoms with Crippen LogP contribution in [0.25, 0.3) is 0 Å². The van der Waals surface area contributed by atoms with Crippen LogP contribution in [-0.4, -0.2) is 31.5 Å². The number of nitrogens with zero attached hydrogens (tertiary/aromatic N) is 1. The number of aromatic nitrogens is 1. The van der Waals surface area contributed by atoms with Crippen molar-refractivity contribution in [3.8, 4) is 11.6 Å². The molecule has 0 bridgehead atoms. The van der Waals surface area contributed by atoms with Crippen molar-refractivity contribution in [3.05, 3.63) is 17.3 Å². The van der Waals surface area contributed by atoms with Gasteiger partial charge in [-0.25, -0.2) is 9.78 Å². The van der Waals surface area contributed by atoms with Crippen molar-refractivity contribution in [1.82, 2.24) is 4.98 Å². The SMILES string of the molecule is COC(=O)c1nc(OC)cc(CN)c1OC(F)(F)F. The van der Waals surface area contributed by atoms with E-state index in [1.54, 1.807) is 0 Å². The fraction of sp³-hybridized carbons (Fsp3) is 0.400. The zero-order valence-electron chi connectivity index (χ0n) is 10.1. The van der Waals surface area contributed by atoms with Crippen molar-refractivity contribution < 1.29 is 32.2 Å². The van der Waals surface area contributed by atoms with Crippen molar-refractivity contribution in [2.75, 3.05) is 14.2 Å². The Kier molecular flexibility index (Phi) is 4.54. The number of nitrogens with two attached hydrogens (primary N) is 1. The van der Waals surface area contributed by atoms with Gasteiger partial charge in [-0.2, -0.15) is 0 Å². The molecule has 0 spiro atoms. The highest BCUT2D eigenvalue weighted by atomic mass is 19.4. The molecule has 0 aliphatic rings. The molecule has 0 aliphatic carbocycles. The van der Waals surface area contributed by atoms with Crippen LogP contribution in [0.5, 0.6) is 11.6 Å². The van der Waals surface area contributed by atoms with E-state index in [0.717, 1.165) is 13.2 Å². The Morgan fingerprint density at radius 1 is 1.42 bits per heavy atom. The van der Waals surface area contributed by atoms with Gasteiger partial charge in [0.1, 0.15) is 0 Å². The normalized spacial score (nSPS) is 11.1. The van der Waals surface area contributed by atoms with Gasteiger partial charge in [-0.3, -0.25) is 0 Å². The van der Waals surface area contributed by atoms with Gasteiger partial charge in [-0.1, -0.05) is 0 Å². The van der Waals surface area contributed by atoms with Gasteiger partial charge in [0.15, 0.2) is 11.4 Å². The third-order valence-electron chi connectivity index (χ3n) is 2.05. The predicted octanol–water partition coefficient (Wildman–Crippen LogP) is 1.23. The standard InChI is InChI=1S/C10H11F3N2O4/c1-17-6-3-5(4-14)8(19-10(11,12)13)7(15-6)9(16)18-2/h3H,4,14H2,1-2H3. The van der Waals surface area contributed by atoms with Crippen molar-refractivity contribution in [2.45, 2.75) is 12.9 Å². The van der Waals surface area contributed by atoms with Gasteiger partial charge in [0.05, 0.1) is 14.2 Å². The smallest absolute Gasteiger partial charge is 0.481 e. The monoisotopic (exact) mass is 280 g/mol. The quantitative estimate of drug-likeness (QED) is 0.835. The van der Waals surface area contributed by atoms with E-state index in [4.69, 9.17) is 10.5 Å². The summed E-state index contributed by atoms with van der Waals surface area (Å²) >= 11 is 0. The fourth-order valence-electron chi connectivity index (χ4n) is 1.28. The van der Waals surface area contributed by atoms with Crippen LogP contribution in [0.15, 0.2) is 6.07 Å². The zero-order chi connectivity index (χ0) is 14.6. The van der Waals surface area contributed by atoms with Crippen LogP contribution in [0.4, 0.5) is 13.2 Å². The van der Waals surface area contributed by atoms with Crippen LogP contribution in [0.2, 0.25) is 0 Å². The van der Waals surface area contributed by atoms with Crippen LogP contribution < -0.4 is 15.2 Å². The lowest BCUT2D eigenvalue weighted by molar-refractivity contribution is -0.275. The van der Waals surface area contributed by atoms with Crippen LogP contribution >= 0.6 is 0 Å². The summed E-state index contributed by atoms with van der Waals surface area (Å²) in [6.45, 7) is -0.297. The number of halogens is 3. The van der Waals surface area contributed by atoms with Gasteiger partial charge in [0.2, 0.25) is 5.88 Å². The highest BCUT2D eigenvalue weighted by Crippen LogP contribution is 2.31. The van der Waals surface area contributed by atoms with Gasteiger partial charge in [0.25, 0.3) is 0 Å². The molecule has 0 aliphatic heterocycles. The maximum atomic E-state index is 12.3. The molecular weight excluding hydrogens is 269 g/mol. The number of alkyl halides is 3. The van der Waals surface area contributed by atoms with E-state index >= 15 is 0 Å². The summed E-state index contributed by atoms with van der Waals surface area (Å²) < 4.78 is 49.8. The molecule has 0 saturated carbocycles. The summed E-state index contributed by atoms with van der Waals surface area (Å²) in [5.41, 5.74) is 4.59. The molecule has 0 amide bonds. The predicted molar refractivity (Wildman–Crippen MR) is 56.7 cm³/mol. The van der Waals surface area contributed by atoms with E-state index < -0.39 is 23.8 Å². The summed E-state index contributed by atoms with van der Waals surface area (Å²) in [5, 5.41) is 0. The number of carbonyl (C=O) groups excluding carboxylic acids is 1. The molecule has 0 saturated heterocycles. The van der Waals surface area contributed by atoms with Gasteiger partial charge in [-0.15, -0.1) is 13.2 Å². The third kappa shape index (κ3) is 3.71. The van der Waals surface area contributed by atoms with Crippen molar-refractivity contribution in [1.29, 1.82) is 0 Å². The van der Waals surface area contributed by atoms with Crippen LogP contribution in [0.1, 0.15) is 16.1 Å². The lowest BCUT2D eigenvalue weighted by atomic mass is 10.2. The van der Waals surface area contributed by atoms with Crippen LogP contribution in [0.3, 0.4) is 0 Å². The topological polar surface area (TPSA) is 83.7 Å². The molecule has 1 aromatic heterocycles. The highest BCUT2D eigenvalue weighted by Gasteiger charge is 2.35. The first-order chi connectivity index (χ1) is 8.82. The molecule has 0 fully saturated rings. The second-order valence-corrected chi connectivity index (χ2v) is 3.24. The van der Waals surface area contributed by atoms with E-state index in [0.29, 0.717) is 0 Å². The number of carbonyl (C=O) groups is 1. The molecule has 1 rings (SSSR count). The average molecular weight is 280 g/mol. The van der Waals surface area contributed by atoms with E-state index in [-0.39, 0.29) is 18.0 Å². The Morgan fingerprint density at radius 3 is 2.47 bits per heavy atom. The minimum atomic E-state index is -4.98. The number of methoxy groups -OCH3 is 2. The first-order valence-electron chi connectivity index (χ1n) is 4.94. The van der Waals surface area contributed by atoms with Gasteiger partial charge in [-0.05, 0) is 0 Å². The summed E-state index contributed by atoms with van der Waals surface area (Å²) in [4.78, 5) is 15.0. The zero-order valence-corrected chi connectivity index (χ0v) is 10.1. The largest absolute Gasteiger partial charge is 0.573 e. The summed E-state index contributed by atoms with van der Waals surface area (Å²) in [6, 6.07) is 1.15. The summed E-state index contributed by atoms with van der Waals surface area (Å²) in [6.07, 6.45) is -4.98. The molecule has 0 unspecified atom stereocenters. The lowest BCUT2D eigenvalue weighted by Crippen LogP contribution is -2.22. The van der Waals surface area contributed by atoms with E-state index in [1.165, 1.54) is 7.11 Å². The maximum absolute atomic E-state index is 12.3. The van der Waals surface area contributed by atoms with Crippen molar-refractivity contribution in [2.24, 2.45) is 5.73 Å². The molecule has 6 nitrogen and oxygen atoms in total. The number of ether oxygens (including phenoxy) is 3. The fourth-order valence-corrected chi connectivity index (χ4v) is 1.28. The molecule has 19 heavy (non-hydrogen) atoms. The number of hydrogen-bond acceptors (Lipinski definition) is 6. The second-order valence-electron chi connectivity index (χ2n) is 3.24. The Hall–Kier alpha value is -2.03. The Morgan fingerprint density at radius 2 is 2.05 bits per heavy atom.